The van der Waals surface area contributed by atoms with Crippen LogP contribution in [0, 0.1) is 0 Å². The molecule has 0 radical (unpaired) electrons. The number of benzene rings is 1. The summed E-state index contributed by atoms with van der Waals surface area (Å²) in [6, 6.07) is 4.81. The molecule has 1 aromatic carbocycles. The highest BCUT2D eigenvalue weighted by atomic mass is 32.2. The third-order valence-corrected chi connectivity index (χ3v) is 3.73. The summed E-state index contributed by atoms with van der Waals surface area (Å²) in [6.45, 7) is 1.43. The first-order valence-corrected chi connectivity index (χ1v) is 7.48. The van der Waals surface area contributed by atoms with Crippen molar-refractivity contribution in [1.82, 2.24) is 5.32 Å². The van der Waals surface area contributed by atoms with Gasteiger partial charge in [-0.3, -0.25) is 4.79 Å². The summed E-state index contributed by atoms with van der Waals surface area (Å²) < 4.78 is 27.3. The lowest BCUT2D eigenvalue weighted by atomic mass is 10.1. The van der Waals surface area contributed by atoms with Gasteiger partial charge in [0.2, 0.25) is 5.91 Å². The van der Waals surface area contributed by atoms with Crippen molar-refractivity contribution in [3.8, 4) is 5.75 Å². The second-order valence-corrected chi connectivity index (χ2v) is 5.41. The average molecular weight is 303 g/mol. The topological polar surface area (TPSA) is 72.5 Å². The number of hydrogen-bond acceptors (Lipinski definition) is 5. The Balaban J connectivity index is 2.95. The summed E-state index contributed by atoms with van der Waals surface area (Å²) in [5.74, 6) is 0.661. The lowest BCUT2D eigenvalue weighted by Gasteiger charge is -2.16. The molecule has 0 bridgehead atoms. The molecule has 19 heavy (non-hydrogen) atoms. The Kier molecular flexibility index (Phi) is 6.17. The van der Waals surface area contributed by atoms with Crippen LogP contribution in [0.25, 0.3) is 0 Å². The third kappa shape index (κ3) is 4.76. The monoisotopic (exact) mass is 303 g/mol. The van der Waals surface area contributed by atoms with Crippen LogP contribution in [-0.4, -0.2) is 33.2 Å². The van der Waals surface area contributed by atoms with Gasteiger partial charge < -0.3 is 10.1 Å². The Hall–Kier alpha value is -1.21. The molecule has 5 nitrogen and oxygen atoms in total. The molecule has 0 aliphatic heterocycles. The molecule has 106 valence electrons. The third-order valence-electron chi connectivity index (χ3n) is 2.55. The van der Waals surface area contributed by atoms with Gasteiger partial charge in [0.05, 0.1) is 7.11 Å². The zero-order valence-electron chi connectivity index (χ0n) is 10.8. The van der Waals surface area contributed by atoms with E-state index in [1.165, 1.54) is 14.0 Å². The molecule has 0 spiro atoms. The van der Waals surface area contributed by atoms with Crippen molar-refractivity contribution < 1.29 is 17.9 Å². The van der Waals surface area contributed by atoms with Crippen LogP contribution in [0.1, 0.15) is 12.5 Å². The first-order chi connectivity index (χ1) is 8.97. The van der Waals surface area contributed by atoms with E-state index in [-0.39, 0.29) is 16.8 Å². The quantitative estimate of drug-likeness (QED) is 0.675. The van der Waals surface area contributed by atoms with Gasteiger partial charge in [0, 0.05) is 18.7 Å². The highest BCUT2D eigenvalue weighted by molar-refractivity contribution is 7.80. The summed E-state index contributed by atoms with van der Waals surface area (Å²) in [5, 5.41) is 2.76. The fourth-order valence-corrected chi connectivity index (χ4v) is 2.58. The maximum absolute atomic E-state index is 11.1. The molecule has 1 N–H and O–H groups in total. The standard InChI is InChI=1S/C12H17NO4S2/c1-8(14)13-10(7-18)5-9-3-4-11(17-2)12(6-9)19(15)16/h3-4,6,10,18-19H,5,7H2,1-2H3,(H,13,14)/t10-/m0/s1. The minimum Gasteiger partial charge on any atom is -0.495 e. The van der Waals surface area contributed by atoms with E-state index in [0.717, 1.165) is 5.56 Å². The maximum atomic E-state index is 11.1. The van der Waals surface area contributed by atoms with E-state index in [1.54, 1.807) is 18.2 Å². The zero-order chi connectivity index (χ0) is 14.4. The van der Waals surface area contributed by atoms with Crippen LogP contribution >= 0.6 is 12.6 Å². The van der Waals surface area contributed by atoms with E-state index in [2.05, 4.69) is 17.9 Å². The second kappa shape index (κ2) is 7.40. The van der Waals surface area contributed by atoms with Crippen LogP contribution in [0.2, 0.25) is 0 Å². The van der Waals surface area contributed by atoms with Crippen molar-refractivity contribution in [3.05, 3.63) is 23.8 Å². The summed E-state index contributed by atoms with van der Waals surface area (Å²) >= 11 is 4.17. The van der Waals surface area contributed by atoms with Crippen LogP contribution in [-0.2, 0) is 21.9 Å². The van der Waals surface area contributed by atoms with Crippen LogP contribution in [0.5, 0.6) is 5.75 Å². The highest BCUT2D eigenvalue weighted by Gasteiger charge is 2.12. The maximum Gasteiger partial charge on any atom is 0.217 e. The number of rotatable bonds is 6. The van der Waals surface area contributed by atoms with E-state index in [1.807, 2.05) is 0 Å². The first-order valence-electron chi connectivity index (χ1n) is 5.67. The molecule has 0 fully saturated rings. The van der Waals surface area contributed by atoms with Gasteiger partial charge in [-0.2, -0.15) is 12.6 Å². The zero-order valence-corrected chi connectivity index (χ0v) is 12.5. The normalized spacial score (nSPS) is 12.2. The van der Waals surface area contributed by atoms with Crippen LogP contribution in [0.3, 0.4) is 0 Å². The first kappa shape index (κ1) is 15.8. The summed E-state index contributed by atoms with van der Waals surface area (Å²) in [4.78, 5) is 11.2. The summed E-state index contributed by atoms with van der Waals surface area (Å²) in [6.07, 6.45) is 0.517. The summed E-state index contributed by atoms with van der Waals surface area (Å²) in [7, 11) is -1.29. The fraction of sp³-hybridized carbons (Fsp3) is 0.417. The van der Waals surface area contributed by atoms with Crippen molar-refractivity contribution >= 4 is 29.2 Å². The van der Waals surface area contributed by atoms with Crippen molar-refractivity contribution in [3.63, 3.8) is 0 Å². The number of ether oxygens (including phenoxy) is 1. The highest BCUT2D eigenvalue weighted by Crippen LogP contribution is 2.22. The van der Waals surface area contributed by atoms with E-state index in [9.17, 15) is 13.2 Å². The number of hydrogen-bond donors (Lipinski definition) is 3. The van der Waals surface area contributed by atoms with E-state index >= 15 is 0 Å². The predicted octanol–water partition coefficient (Wildman–Crippen LogP) is 0.643. The molecule has 0 saturated carbocycles. The van der Waals surface area contributed by atoms with Gasteiger partial charge in [-0.15, -0.1) is 0 Å². The SMILES string of the molecule is COc1ccc(C[C@@H](CS)NC(C)=O)cc1[SH](=O)=O. The van der Waals surface area contributed by atoms with E-state index in [0.29, 0.717) is 17.9 Å². The fourth-order valence-electron chi connectivity index (χ4n) is 1.74. The summed E-state index contributed by atoms with van der Waals surface area (Å²) in [5.41, 5.74) is 0.808. The molecule has 1 atom stereocenters. The molecule has 1 amide bonds. The Labute approximate surface area is 119 Å². The van der Waals surface area contributed by atoms with Crippen molar-refractivity contribution in [2.75, 3.05) is 12.9 Å². The molecule has 0 aliphatic rings. The lowest BCUT2D eigenvalue weighted by molar-refractivity contribution is -0.119. The number of thiol groups is 2. The van der Waals surface area contributed by atoms with Gasteiger partial charge in [-0.1, -0.05) is 6.07 Å². The Bertz CT molecular complexity index is 520. The number of methoxy groups -OCH3 is 1. The molecule has 7 heteroatoms. The van der Waals surface area contributed by atoms with Gasteiger partial charge in [0.1, 0.15) is 10.6 Å². The van der Waals surface area contributed by atoms with Crippen LogP contribution in [0.15, 0.2) is 23.1 Å². The molecule has 0 aliphatic carbocycles. The van der Waals surface area contributed by atoms with Crippen molar-refractivity contribution in [1.29, 1.82) is 0 Å². The molecule has 1 aromatic rings. The van der Waals surface area contributed by atoms with Crippen LogP contribution in [0.4, 0.5) is 0 Å². The molecule has 0 aromatic heterocycles. The minimum atomic E-state index is -2.72. The second-order valence-electron chi connectivity index (χ2n) is 4.05. The predicted molar refractivity (Wildman–Crippen MR) is 76.7 cm³/mol. The Morgan fingerprint density at radius 1 is 1.47 bits per heavy atom. The number of amides is 1. The largest absolute Gasteiger partial charge is 0.495 e. The molecule has 1 rings (SSSR count). The molecule has 0 heterocycles. The van der Waals surface area contributed by atoms with Gasteiger partial charge in [-0.25, -0.2) is 8.42 Å². The van der Waals surface area contributed by atoms with Gasteiger partial charge in [0.15, 0.2) is 10.7 Å². The van der Waals surface area contributed by atoms with Gasteiger partial charge in [-0.05, 0) is 24.1 Å². The van der Waals surface area contributed by atoms with Gasteiger partial charge in [0.25, 0.3) is 0 Å². The van der Waals surface area contributed by atoms with Gasteiger partial charge >= 0.3 is 0 Å². The molecule has 0 saturated heterocycles. The minimum absolute atomic E-state index is 0.133. The molecule has 0 unspecified atom stereocenters. The number of carbonyl (C=O) groups is 1. The molecular formula is C12H17NO4S2. The Morgan fingerprint density at radius 3 is 2.63 bits per heavy atom. The Morgan fingerprint density at radius 2 is 2.16 bits per heavy atom. The number of nitrogens with one attached hydrogen (secondary N) is 1. The van der Waals surface area contributed by atoms with Crippen LogP contribution < -0.4 is 10.1 Å². The number of carbonyl (C=O) groups excluding carboxylic acids is 1. The van der Waals surface area contributed by atoms with Crippen molar-refractivity contribution in [2.24, 2.45) is 0 Å². The molecular weight excluding hydrogens is 286 g/mol. The smallest absolute Gasteiger partial charge is 0.217 e. The van der Waals surface area contributed by atoms with Crippen molar-refractivity contribution in [2.45, 2.75) is 24.3 Å². The van der Waals surface area contributed by atoms with E-state index < -0.39 is 10.7 Å². The van der Waals surface area contributed by atoms with E-state index in [4.69, 9.17) is 4.74 Å². The average Bonchev–Trinajstić information content (AvgIpc) is 2.37. The lowest BCUT2D eigenvalue weighted by Crippen LogP contribution is -2.36.